The summed E-state index contributed by atoms with van der Waals surface area (Å²) in [5.41, 5.74) is 1.29. The van der Waals surface area contributed by atoms with Crippen molar-refractivity contribution >= 4 is 11.3 Å². The van der Waals surface area contributed by atoms with Gasteiger partial charge in [-0.25, -0.2) is 4.98 Å². The minimum Gasteiger partial charge on any atom is -0.303 e. The molecule has 1 aliphatic rings. The normalized spacial score (nSPS) is 19.7. The van der Waals surface area contributed by atoms with E-state index in [1.54, 1.807) is 0 Å². The molecule has 108 valence electrons. The molecule has 0 spiro atoms. The first-order chi connectivity index (χ1) is 8.90. The van der Waals surface area contributed by atoms with Crippen LogP contribution in [0.25, 0.3) is 0 Å². The molecular formula is C16H28N2S. The molecular weight excluding hydrogens is 252 g/mol. The Morgan fingerprint density at radius 3 is 2.47 bits per heavy atom. The highest BCUT2D eigenvalue weighted by atomic mass is 32.1. The standard InChI is InChI=1S/C16H28N2S/c1-11(2)14-10-19-15(17-14)16(5,18-12(3)4)9-13-7-6-8-13/h10-13,18H,6-9H2,1-5H3. The molecule has 19 heavy (non-hydrogen) atoms. The topological polar surface area (TPSA) is 24.9 Å². The van der Waals surface area contributed by atoms with Crippen molar-refractivity contribution in [2.24, 2.45) is 5.92 Å². The van der Waals surface area contributed by atoms with E-state index in [4.69, 9.17) is 4.98 Å². The molecule has 1 unspecified atom stereocenters. The van der Waals surface area contributed by atoms with Crippen LogP contribution in [0.1, 0.15) is 76.9 Å². The van der Waals surface area contributed by atoms with Gasteiger partial charge in [0.15, 0.2) is 0 Å². The lowest BCUT2D eigenvalue weighted by Gasteiger charge is -2.38. The largest absolute Gasteiger partial charge is 0.303 e. The van der Waals surface area contributed by atoms with Crippen LogP contribution in [0, 0.1) is 5.92 Å². The van der Waals surface area contributed by atoms with Gasteiger partial charge in [0.1, 0.15) is 5.01 Å². The second-order valence-electron chi connectivity index (χ2n) is 6.86. The monoisotopic (exact) mass is 280 g/mol. The van der Waals surface area contributed by atoms with E-state index in [-0.39, 0.29) is 5.54 Å². The van der Waals surface area contributed by atoms with Crippen molar-refractivity contribution in [3.63, 3.8) is 0 Å². The summed E-state index contributed by atoms with van der Waals surface area (Å²) >= 11 is 1.83. The van der Waals surface area contributed by atoms with Gasteiger partial charge in [-0.15, -0.1) is 11.3 Å². The number of aromatic nitrogens is 1. The Bertz CT molecular complexity index is 407. The van der Waals surface area contributed by atoms with Gasteiger partial charge in [0.25, 0.3) is 0 Å². The Labute approximate surface area is 122 Å². The van der Waals surface area contributed by atoms with Gasteiger partial charge < -0.3 is 5.32 Å². The second-order valence-corrected chi connectivity index (χ2v) is 7.72. The molecule has 0 saturated heterocycles. The molecule has 2 rings (SSSR count). The maximum absolute atomic E-state index is 4.90. The predicted octanol–water partition coefficient (Wildman–Crippen LogP) is 4.67. The average Bonchev–Trinajstić information content (AvgIpc) is 2.72. The third-order valence-corrected chi connectivity index (χ3v) is 5.24. The molecule has 1 aliphatic carbocycles. The van der Waals surface area contributed by atoms with E-state index in [2.05, 4.69) is 45.3 Å². The summed E-state index contributed by atoms with van der Waals surface area (Å²) < 4.78 is 0. The molecule has 1 heterocycles. The molecule has 1 saturated carbocycles. The first-order valence-corrected chi connectivity index (χ1v) is 8.52. The van der Waals surface area contributed by atoms with Crippen molar-refractivity contribution in [3.8, 4) is 0 Å². The number of hydrogen-bond donors (Lipinski definition) is 1. The Balaban J connectivity index is 2.18. The second kappa shape index (κ2) is 5.92. The minimum atomic E-state index is 0.0526. The highest BCUT2D eigenvalue weighted by molar-refractivity contribution is 7.09. The summed E-state index contributed by atoms with van der Waals surface area (Å²) in [6.07, 6.45) is 5.45. The lowest BCUT2D eigenvalue weighted by Crippen LogP contribution is -2.45. The van der Waals surface area contributed by atoms with Crippen molar-refractivity contribution < 1.29 is 0 Å². The van der Waals surface area contributed by atoms with Crippen LogP contribution >= 0.6 is 11.3 Å². The number of thiazole rings is 1. The maximum Gasteiger partial charge on any atom is 0.113 e. The zero-order chi connectivity index (χ0) is 14.0. The van der Waals surface area contributed by atoms with Crippen molar-refractivity contribution in [2.75, 3.05) is 0 Å². The first kappa shape index (κ1) is 15.0. The van der Waals surface area contributed by atoms with E-state index in [9.17, 15) is 0 Å². The number of hydrogen-bond acceptors (Lipinski definition) is 3. The third kappa shape index (κ3) is 3.57. The molecule has 0 aliphatic heterocycles. The van der Waals surface area contributed by atoms with Crippen molar-refractivity contribution in [3.05, 3.63) is 16.1 Å². The molecule has 3 heteroatoms. The van der Waals surface area contributed by atoms with E-state index in [0.717, 1.165) is 5.92 Å². The fourth-order valence-corrected chi connectivity index (χ4v) is 4.04. The maximum atomic E-state index is 4.90. The molecule has 1 aromatic heterocycles. The fourth-order valence-electron chi connectivity index (χ4n) is 2.92. The van der Waals surface area contributed by atoms with Crippen molar-refractivity contribution in [2.45, 2.75) is 77.8 Å². The third-order valence-electron chi connectivity index (χ3n) is 4.11. The Morgan fingerprint density at radius 1 is 1.37 bits per heavy atom. The van der Waals surface area contributed by atoms with E-state index in [1.807, 2.05) is 11.3 Å². The molecule has 0 bridgehead atoms. The molecule has 2 nitrogen and oxygen atoms in total. The first-order valence-electron chi connectivity index (χ1n) is 7.64. The van der Waals surface area contributed by atoms with Crippen LogP contribution in [-0.4, -0.2) is 11.0 Å². The van der Waals surface area contributed by atoms with Crippen LogP contribution in [0.2, 0.25) is 0 Å². The van der Waals surface area contributed by atoms with Crippen LogP contribution in [0.15, 0.2) is 5.38 Å². The van der Waals surface area contributed by atoms with Gasteiger partial charge in [-0.3, -0.25) is 0 Å². The van der Waals surface area contributed by atoms with Crippen LogP contribution in [0.4, 0.5) is 0 Å². The van der Waals surface area contributed by atoms with Gasteiger partial charge in [-0.2, -0.15) is 0 Å². The SMILES string of the molecule is CC(C)NC(C)(CC1CCC1)c1nc(C(C)C)cs1. The van der Waals surface area contributed by atoms with E-state index < -0.39 is 0 Å². The molecule has 1 fully saturated rings. The van der Waals surface area contributed by atoms with Crippen LogP contribution in [-0.2, 0) is 5.54 Å². The summed E-state index contributed by atoms with van der Waals surface area (Å²) in [5, 5.41) is 7.28. The lowest BCUT2D eigenvalue weighted by molar-refractivity contribution is 0.194. The summed E-state index contributed by atoms with van der Waals surface area (Å²) in [7, 11) is 0. The van der Waals surface area contributed by atoms with Crippen molar-refractivity contribution in [1.29, 1.82) is 0 Å². The molecule has 0 aromatic carbocycles. The summed E-state index contributed by atoms with van der Waals surface area (Å²) in [4.78, 5) is 4.90. The minimum absolute atomic E-state index is 0.0526. The number of rotatable bonds is 6. The average molecular weight is 280 g/mol. The molecule has 1 atom stereocenters. The summed E-state index contributed by atoms with van der Waals surface area (Å²) in [6.45, 7) is 11.2. The smallest absolute Gasteiger partial charge is 0.113 e. The van der Waals surface area contributed by atoms with Gasteiger partial charge in [0.05, 0.1) is 11.2 Å². The highest BCUT2D eigenvalue weighted by Gasteiger charge is 2.35. The molecule has 1 N–H and O–H groups in total. The van der Waals surface area contributed by atoms with Crippen molar-refractivity contribution in [1.82, 2.24) is 10.3 Å². The fraction of sp³-hybridized carbons (Fsp3) is 0.812. The van der Waals surface area contributed by atoms with Crippen LogP contribution in [0.5, 0.6) is 0 Å². The van der Waals surface area contributed by atoms with Gasteiger partial charge in [0.2, 0.25) is 0 Å². The number of nitrogens with zero attached hydrogens (tertiary/aromatic N) is 1. The molecule has 0 radical (unpaired) electrons. The Hall–Kier alpha value is -0.410. The highest BCUT2D eigenvalue weighted by Crippen LogP contribution is 2.39. The van der Waals surface area contributed by atoms with Crippen LogP contribution in [0.3, 0.4) is 0 Å². The van der Waals surface area contributed by atoms with E-state index in [1.165, 1.54) is 36.4 Å². The summed E-state index contributed by atoms with van der Waals surface area (Å²) in [5.74, 6) is 1.42. The molecule has 0 amide bonds. The summed E-state index contributed by atoms with van der Waals surface area (Å²) in [6, 6.07) is 0.497. The number of nitrogens with one attached hydrogen (secondary N) is 1. The zero-order valence-corrected chi connectivity index (χ0v) is 13.8. The lowest BCUT2D eigenvalue weighted by atomic mass is 9.76. The van der Waals surface area contributed by atoms with Crippen LogP contribution < -0.4 is 5.32 Å². The van der Waals surface area contributed by atoms with E-state index in [0.29, 0.717) is 12.0 Å². The van der Waals surface area contributed by atoms with Gasteiger partial charge in [-0.05, 0) is 39.0 Å². The van der Waals surface area contributed by atoms with E-state index >= 15 is 0 Å². The predicted molar refractivity (Wildman–Crippen MR) is 83.8 cm³/mol. The van der Waals surface area contributed by atoms with Gasteiger partial charge in [0, 0.05) is 11.4 Å². The quantitative estimate of drug-likeness (QED) is 0.819. The zero-order valence-electron chi connectivity index (χ0n) is 13.0. The Morgan fingerprint density at radius 2 is 2.05 bits per heavy atom. The van der Waals surface area contributed by atoms with Gasteiger partial charge in [-0.1, -0.05) is 33.1 Å². The van der Waals surface area contributed by atoms with Gasteiger partial charge >= 0.3 is 0 Å². The molecule has 1 aromatic rings. The Kier molecular flexibility index (Phi) is 4.67.